The van der Waals surface area contributed by atoms with E-state index in [2.05, 4.69) is 61.3 Å². The van der Waals surface area contributed by atoms with Crippen LogP contribution in [0.4, 0.5) is 5.69 Å². The fraction of sp³-hybridized carbons (Fsp3) is 0.346. The van der Waals surface area contributed by atoms with Crippen molar-refractivity contribution in [1.82, 2.24) is 14.6 Å². The third-order valence-electron chi connectivity index (χ3n) is 5.48. The Labute approximate surface area is 193 Å². The largest absolute Gasteiger partial charge is 0.385 e. The predicted octanol–water partition coefficient (Wildman–Crippen LogP) is 6.56. The zero-order valence-electron chi connectivity index (χ0n) is 19.1. The number of ketones is 1. The molecule has 0 amide bonds. The average molecular weight is 447 g/mol. The van der Waals surface area contributed by atoms with Crippen LogP contribution in [0, 0.1) is 11.3 Å². The van der Waals surface area contributed by atoms with Gasteiger partial charge in [0.25, 0.3) is 0 Å². The van der Waals surface area contributed by atoms with Crippen molar-refractivity contribution in [2.75, 3.05) is 11.9 Å². The third-order valence-corrected chi connectivity index (χ3v) is 6.34. The molecule has 3 aromatic heterocycles. The molecule has 0 aliphatic rings. The minimum absolute atomic E-state index is 0.0422. The van der Waals surface area contributed by atoms with Crippen LogP contribution < -0.4 is 5.32 Å². The molecule has 0 fully saturated rings. The maximum Gasteiger partial charge on any atom is 0.208 e. The molecule has 1 aromatic carbocycles. The van der Waals surface area contributed by atoms with Crippen LogP contribution in [-0.2, 0) is 0 Å². The molecular formula is C26H30N4OS. The highest BCUT2D eigenvalue weighted by molar-refractivity contribution is 7.12. The first-order valence-electron chi connectivity index (χ1n) is 11.1. The Balaban J connectivity index is 1.53. The Morgan fingerprint density at radius 3 is 2.78 bits per heavy atom. The maximum absolute atomic E-state index is 12.9. The SMILES string of the molecule is CC(CCNc1cccc(-c2ccnc3c(C(=O)c4cccs4)cnn23)c1)CC(C)(C)C. The molecule has 1 atom stereocenters. The minimum Gasteiger partial charge on any atom is -0.385 e. The fourth-order valence-corrected chi connectivity index (χ4v) is 4.89. The monoisotopic (exact) mass is 446 g/mol. The highest BCUT2D eigenvalue weighted by Gasteiger charge is 2.18. The minimum atomic E-state index is -0.0422. The Morgan fingerprint density at radius 1 is 1.19 bits per heavy atom. The summed E-state index contributed by atoms with van der Waals surface area (Å²) in [6.07, 6.45) is 5.71. The van der Waals surface area contributed by atoms with Gasteiger partial charge in [-0.2, -0.15) is 5.10 Å². The lowest BCUT2D eigenvalue weighted by Gasteiger charge is -2.23. The van der Waals surface area contributed by atoms with Gasteiger partial charge in [-0.05, 0) is 53.8 Å². The van der Waals surface area contributed by atoms with E-state index in [1.54, 1.807) is 16.9 Å². The highest BCUT2D eigenvalue weighted by atomic mass is 32.1. The van der Waals surface area contributed by atoms with Crippen LogP contribution in [0.2, 0.25) is 0 Å². The van der Waals surface area contributed by atoms with Gasteiger partial charge < -0.3 is 5.32 Å². The molecule has 3 heterocycles. The first kappa shape index (κ1) is 22.2. The van der Waals surface area contributed by atoms with Crippen molar-refractivity contribution in [1.29, 1.82) is 0 Å². The van der Waals surface area contributed by atoms with E-state index >= 15 is 0 Å². The lowest BCUT2D eigenvalue weighted by molar-refractivity contribution is 0.104. The van der Waals surface area contributed by atoms with Gasteiger partial charge in [-0.25, -0.2) is 9.50 Å². The Kier molecular flexibility index (Phi) is 6.42. The van der Waals surface area contributed by atoms with Crippen molar-refractivity contribution in [3.63, 3.8) is 0 Å². The molecule has 6 heteroatoms. The summed E-state index contributed by atoms with van der Waals surface area (Å²) in [6, 6.07) is 14.0. The number of anilines is 1. The van der Waals surface area contributed by atoms with Crippen LogP contribution in [0.25, 0.3) is 16.9 Å². The number of benzene rings is 1. The lowest BCUT2D eigenvalue weighted by atomic mass is 9.84. The normalized spacial score (nSPS) is 12.8. The summed E-state index contributed by atoms with van der Waals surface area (Å²) in [4.78, 5) is 18.0. The van der Waals surface area contributed by atoms with Crippen LogP contribution in [0.15, 0.2) is 60.2 Å². The van der Waals surface area contributed by atoms with Crippen LogP contribution in [0.3, 0.4) is 0 Å². The van der Waals surface area contributed by atoms with E-state index in [0.717, 1.165) is 29.9 Å². The van der Waals surface area contributed by atoms with E-state index in [9.17, 15) is 4.79 Å². The molecule has 0 radical (unpaired) electrons. The van der Waals surface area contributed by atoms with Gasteiger partial charge in [-0.3, -0.25) is 4.79 Å². The van der Waals surface area contributed by atoms with E-state index in [1.165, 1.54) is 17.8 Å². The van der Waals surface area contributed by atoms with Crippen LogP contribution in [0.5, 0.6) is 0 Å². The molecule has 4 aromatic rings. The molecule has 166 valence electrons. The topological polar surface area (TPSA) is 59.3 Å². The summed E-state index contributed by atoms with van der Waals surface area (Å²) in [5, 5.41) is 9.96. The van der Waals surface area contributed by atoms with Crippen molar-refractivity contribution < 1.29 is 4.79 Å². The van der Waals surface area contributed by atoms with E-state index in [1.807, 2.05) is 29.6 Å². The molecule has 1 unspecified atom stereocenters. The zero-order valence-corrected chi connectivity index (χ0v) is 19.9. The standard InChI is InChI=1S/C26H30N4OS/c1-18(16-26(2,3)4)10-12-27-20-8-5-7-19(15-20)22-11-13-28-25-21(17-29-30(22)25)24(31)23-9-6-14-32-23/h5-9,11,13-15,17-18,27H,10,12,16H2,1-4H3. The van der Waals surface area contributed by atoms with Gasteiger partial charge in [0.2, 0.25) is 5.78 Å². The van der Waals surface area contributed by atoms with E-state index < -0.39 is 0 Å². The zero-order chi connectivity index (χ0) is 22.7. The number of carbonyl (C=O) groups excluding carboxylic acids is 1. The molecule has 0 bridgehead atoms. The predicted molar refractivity (Wildman–Crippen MR) is 133 cm³/mol. The summed E-state index contributed by atoms with van der Waals surface area (Å²) in [6.45, 7) is 10.1. The molecule has 32 heavy (non-hydrogen) atoms. The number of nitrogens with zero attached hydrogens (tertiary/aromatic N) is 3. The average Bonchev–Trinajstić information content (AvgIpc) is 3.42. The number of nitrogens with one attached hydrogen (secondary N) is 1. The van der Waals surface area contributed by atoms with E-state index in [0.29, 0.717) is 27.4 Å². The van der Waals surface area contributed by atoms with Crippen molar-refractivity contribution >= 4 is 28.5 Å². The molecule has 0 aliphatic heterocycles. The summed E-state index contributed by atoms with van der Waals surface area (Å²) in [5.41, 5.74) is 4.48. The summed E-state index contributed by atoms with van der Waals surface area (Å²) in [7, 11) is 0. The molecule has 0 spiro atoms. The van der Waals surface area contributed by atoms with Crippen molar-refractivity contribution in [2.24, 2.45) is 11.3 Å². The Hall–Kier alpha value is -2.99. The highest BCUT2D eigenvalue weighted by Crippen LogP contribution is 2.27. The molecule has 1 N–H and O–H groups in total. The first-order chi connectivity index (χ1) is 15.3. The smallest absolute Gasteiger partial charge is 0.208 e. The van der Waals surface area contributed by atoms with Crippen molar-refractivity contribution in [2.45, 2.75) is 40.5 Å². The van der Waals surface area contributed by atoms with E-state index in [4.69, 9.17) is 0 Å². The van der Waals surface area contributed by atoms with E-state index in [-0.39, 0.29) is 5.78 Å². The van der Waals surface area contributed by atoms with Gasteiger partial charge in [0.15, 0.2) is 5.65 Å². The number of aromatic nitrogens is 3. The second-order valence-electron chi connectivity index (χ2n) is 9.60. The lowest BCUT2D eigenvalue weighted by Crippen LogP contribution is -2.14. The molecule has 4 rings (SSSR count). The Bertz CT molecular complexity index is 1200. The summed E-state index contributed by atoms with van der Waals surface area (Å²) < 4.78 is 1.76. The van der Waals surface area contributed by atoms with Gasteiger partial charge in [-0.1, -0.05) is 45.9 Å². The van der Waals surface area contributed by atoms with Gasteiger partial charge >= 0.3 is 0 Å². The third kappa shape index (κ3) is 5.07. The molecule has 0 saturated carbocycles. The van der Waals surface area contributed by atoms with Crippen LogP contribution in [-0.4, -0.2) is 26.9 Å². The second-order valence-corrected chi connectivity index (χ2v) is 10.5. The van der Waals surface area contributed by atoms with Gasteiger partial charge in [-0.15, -0.1) is 11.3 Å². The van der Waals surface area contributed by atoms with Gasteiger partial charge in [0, 0.05) is 24.0 Å². The van der Waals surface area contributed by atoms with Crippen LogP contribution in [0.1, 0.15) is 55.8 Å². The summed E-state index contributed by atoms with van der Waals surface area (Å²) >= 11 is 1.43. The molecule has 0 saturated heterocycles. The molecule has 0 aliphatic carbocycles. The number of thiophene rings is 1. The van der Waals surface area contributed by atoms with Crippen molar-refractivity contribution in [3.8, 4) is 11.3 Å². The number of hydrogen-bond donors (Lipinski definition) is 1. The van der Waals surface area contributed by atoms with Gasteiger partial charge in [0.05, 0.1) is 22.3 Å². The molecule has 5 nitrogen and oxygen atoms in total. The van der Waals surface area contributed by atoms with Gasteiger partial charge in [0.1, 0.15) is 0 Å². The number of rotatable bonds is 8. The number of hydrogen-bond acceptors (Lipinski definition) is 5. The quantitative estimate of drug-likeness (QED) is 0.311. The van der Waals surface area contributed by atoms with Crippen molar-refractivity contribution in [3.05, 3.63) is 70.7 Å². The summed E-state index contributed by atoms with van der Waals surface area (Å²) in [5.74, 6) is 0.633. The Morgan fingerprint density at radius 2 is 2.03 bits per heavy atom. The maximum atomic E-state index is 12.9. The molecular weight excluding hydrogens is 416 g/mol. The second kappa shape index (κ2) is 9.25. The number of carbonyl (C=O) groups is 1. The first-order valence-corrected chi connectivity index (χ1v) is 11.9. The fourth-order valence-electron chi connectivity index (χ4n) is 4.21. The number of fused-ring (bicyclic) bond motifs is 1. The van der Waals surface area contributed by atoms with Crippen LogP contribution >= 0.6 is 11.3 Å².